The molecule has 1 aromatic heterocycles. The Morgan fingerprint density at radius 2 is 1.35 bits per heavy atom. The number of anilines is 1. The van der Waals surface area contributed by atoms with Crippen molar-refractivity contribution in [3.05, 3.63) is 173 Å². The van der Waals surface area contributed by atoms with Crippen molar-refractivity contribution in [3.8, 4) is 57.1 Å². The van der Waals surface area contributed by atoms with E-state index < -0.39 is 260 Å². The number of fused-ring (bicyclic) bond motifs is 15. The second kappa shape index (κ2) is 40.2. The number of likely N-dealkylation sites (N-methyl/N-ethyl adjacent to an activating group) is 1. The maximum atomic E-state index is 16.3. The number of halogens is 4. The van der Waals surface area contributed by atoms with Gasteiger partial charge < -0.3 is 133 Å². The number of hydrazine groups is 1. The molecule has 9 amide bonds. The minimum Gasteiger partial charge on any atom is -0.508 e. The molecule has 8 heterocycles. The molecule has 40 nitrogen and oxygen atoms in total. The number of amides is 9. The molecule has 0 aliphatic carbocycles. The van der Waals surface area contributed by atoms with Gasteiger partial charge >= 0.3 is 5.69 Å². The number of hydrogen-bond acceptors (Lipinski definition) is 30. The zero-order valence-corrected chi connectivity index (χ0v) is 70.7. The summed E-state index contributed by atoms with van der Waals surface area (Å²) in [5.74, 6) is -16.2. The molecule has 7 aliphatic rings. The van der Waals surface area contributed by atoms with E-state index in [-0.39, 0.29) is 78.1 Å². The molecule has 2 saturated heterocycles. The summed E-state index contributed by atoms with van der Waals surface area (Å²) in [6.45, 7) is 4.76. The highest BCUT2D eigenvalue weighted by molar-refractivity contribution is 6.42. The third-order valence-electron chi connectivity index (χ3n) is 21.6. The van der Waals surface area contributed by atoms with Crippen LogP contribution in [-0.4, -0.2) is 226 Å². The van der Waals surface area contributed by atoms with Crippen LogP contribution in [0.2, 0.25) is 20.1 Å². The number of rotatable bonds is 23. The van der Waals surface area contributed by atoms with Crippen molar-refractivity contribution in [1.82, 2.24) is 62.9 Å². The van der Waals surface area contributed by atoms with Crippen LogP contribution in [0.15, 0.2) is 114 Å². The maximum absolute atomic E-state index is 16.3. The lowest BCUT2D eigenvalue weighted by Crippen LogP contribution is -2.65. The summed E-state index contributed by atoms with van der Waals surface area (Å²) < 4.78 is 40.6. The molecule has 18 unspecified atom stereocenters. The summed E-state index contributed by atoms with van der Waals surface area (Å²) >= 11 is 26.5. The Balaban J connectivity index is 0.998. The first kappa shape index (κ1) is 94.0. The van der Waals surface area contributed by atoms with Gasteiger partial charge in [0.25, 0.3) is 5.91 Å². The fourth-order valence-corrected chi connectivity index (χ4v) is 15.9. The Hall–Kier alpha value is -11.1. The minimum absolute atomic E-state index is 0.0433. The van der Waals surface area contributed by atoms with Crippen LogP contribution in [-0.2, 0) is 70.3 Å². The lowest BCUT2D eigenvalue weighted by Gasteiger charge is -2.48. The number of carbonyl (C=O) groups excluding carboxylic acids is 9. The molecular weight excluding hydrogens is 1740 g/mol. The second-order valence-electron chi connectivity index (χ2n) is 31.1. The highest BCUT2D eigenvalue weighted by Crippen LogP contribution is 2.50. The van der Waals surface area contributed by atoms with Crippen LogP contribution in [0.1, 0.15) is 111 Å². The van der Waals surface area contributed by atoms with Gasteiger partial charge in [-0.15, -0.1) is 0 Å². The van der Waals surface area contributed by atoms with E-state index in [1.165, 1.54) is 55.1 Å². The van der Waals surface area contributed by atoms with Crippen molar-refractivity contribution < 1.29 is 123 Å². The molecule has 7 aromatic rings. The fourth-order valence-electron chi connectivity index (χ4n) is 15.1. The van der Waals surface area contributed by atoms with Crippen LogP contribution in [0, 0.1) is 5.92 Å². The Labute approximate surface area is 737 Å². The molecule has 7 aliphatic heterocycles. The van der Waals surface area contributed by atoms with Crippen LogP contribution >= 0.6 is 46.4 Å². The molecule has 0 radical (unpaired) electrons. The second-order valence-corrected chi connectivity index (χ2v) is 32.7. The van der Waals surface area contributed by atoms with E-state index in [1.807, 2.05) is 13.8 Å². The van der Waals surface area contributed by atoms with Crippen LogP contribution in [0.3, 0.4) is 0 Å². The molecule has 2 fully saturated rings. The number of nitrogens with zero attached hydrogens (tertiary/aromatic N) is 2. The summed E-state index contributed by atoms with van der Waals surface area (Å²) in [5.41, 5.74) is 6.15. The predicted octanol–water partition coefficient (Wildman–Crippen LogP) is 1.01. The standard InChI is InChI=1S/C82H92Cl4N14O26/c1-33(2)20-47(88-5)73(113)97-64-66(108)37-8-12-51(45(85)24-37)122-53-26-39-27-54(70(53)126-80-71(69(111)68(110)55(32-102)124-80)125-59-31-82(4,72(112)34(3)121-59)89-15-18-100-17-14-57(93-81(100)120)92-58(107)22-35-6-10-43(83)44(84)21-35)123-52-13-9-38(25-46(52)86)67(109)65-78(118)96-63(79(119)99-90-16-19-101)42-28-40(103)29-50(105)60(42)41-23-36(7-11-49(41)104)61(75(115)98-65)95-76(116)62(39)94-74(114)48(30-56(87)106)91-77(64)117/h6-14,17,21,23-29,33-34,47-48,55,59,61-69,71-72,80,88-90,101-105,108-112H,15-16,18-20,22,30-32H2,1-5H3,(H2,87,106)(H,91,117)(H,94,114)(H,95,116)(H,96,118)(H,97,113)(H,98,115)(H,99,119)(H,92,93,107,120). The monoisotopic (exact) mass is 1830 g/mol. The first-order valence-electron chi connectivity index (χ1n) is 39.5. The number of primary amides is 1. The van der Waals surface area contributed by atoms with Gasteiger partial charge in [0.15, 0.2) is 23.9 Å². The SMILES string of the molecule is CNC(CC(C)C)C(=O)NC1C(=O)NC(CC(N)=O)C(=O)NC2C(=O)NC3C(=O)NC(C(=O)NC(C(=O)NNCCO)c4cc(O)cc(O)c4-c4cc3ccc4O)C(O)c3ccc(c(Cl)c3)Oc3cc2cc(c3OC2OC(CO)C(O)C(O)C2OC2CC(C)(NCCn3ccc(NC(=O)Cc4ccc(Cl)c(Cl)c4)nc3=O)C(O)C(C)O2)Oc2ccc(cc2Cl)C1O. The van der Waals surface area contributed by atoms with E-state index in [2.05, 4.69) is 63.7 Å². The van der Waals surface area contributed by atoms with Crippen LogP contribution < -0.4 is 84.3 Å². The number of phenols is 3. The van der Waals surface area contributed by atoms with E-state index in [0.29, 0.717) is 10.6 Å². The average molecular weight is 1830 g/mol. The van der Waals surface area contributed by atoms with Gasteiger partial charge in [-0.25, -0.2) is 10.2 Å². The topological polar surface area (TPSA) is 605 Å². The number of aliphatic hydroxyl groups is 7. The highest BCUT2D eigenvalue weighted by Gasteiger charge is 2.52. The predicted molar refractivity (Wildman–Crippen MR) is 446 cm³/mol. The quantitative estimate of drug-likeness (QED) is 0.0314. The number of aromatic nitrogens is 2. The lowest BCUT2D eigenvalue weighted by atomic mass is 9.85. The fraction of sp³-hybridized carbons (Fsp3) is 0.402. The highest BCUT2D eigenvalue weighted by atomic mass is 35.5. The number of aliphatic hydroxyl groups excluding tert-OH is 7. The zero-order chi connectivity index (χ0) is 91.2. The van der Waals surface area contributed by atoms with E-state index in [9.17, 15) is 75.0 Å². The smallest absolute Gasteiger partial charge is 0.349 e. The Morgan fingerprint density at radius 3 is 1.98 bits per heavy atom. The summed E-state index contributed by atoms with van der Waals surface area (Å²) in [4.78, 5) is 150. The number of ether oxygens (including phenoxy) is 6. The van der Waals surface area contributed by atoms with Crippen LogP contribution in [0.5, 0.6) is 46.0 Å². The van der Waals surface area contributed by atoms with E-state index in [0.717, 1.165) is 66.7 Å². The molecular formula is C82H92Cl4N14O26. The Bertz CT molecular complexity index is 5390. The van der Waals surface area contributed by atoms with Gasteiger partial charge in [0.2, 0.25) is 59.3 Å². The van der Waals surface area contributed by atoms with Gasteiger partial charge in [0, 0.05) is 55.0 Å². The van der Waals surface area contributed by atoms with Crippen molar-refractivity contribution in [1.29, 1.82) is 0 Å². The molecule has 18 atom stereocenters. The van der Waals surface area contributed by atoms with E-state index >= 15 is 24.0 Å². The maximum Gasteiger partial charge on any atom is 0.349 e. The summed E-state index contributed by atoms with van der Waals surface area (Å²) in [6, 6.07) is 5.46. The van der Waals surface area contributed by atoms with Crippen molar-refractivity contribution in [2.45, 2.75) is 169 Å². The van der Waals surface area contributed by atoms with E-state index in [1.54, 1.807) is 13.0 Å². The minimum atomic E-state index is -2.40. The van der Waals surface area contributed by atoms with E-state index in [4.69, 9.17) is 80.6 Å². The van der Waals surface area contributed by atoms with Crippen molar-refractivity contribution in [2.24, 2.45) is 11.7 Å². The number of phenolic OH excluding ortho intramolecular Hbond substituents is 3. The molecule has 0 saturated carbocycles. The molecule has 674 valence electrons. The molecule has 11 bridgehead atoms. The van der Waals surface area contributed by atoms with Gasteiger partial charge in [0.1, 0.15) is 101 Å². The Kier molecular flexibility index (Phi) is 30.0. The lowest BCUT2D eigenvalue weighted by molar-refractivity contribution is -0.334. The van der Waals surface area contributed by atoms with Gasteiger partial charge in [-0.2, -0.15) is 4.98 Å². The third kappa shape index (κ3) is 21.4. The zero-order valence-electron chi connectivity index (χ0n) is 67.6. The van der Waals surface area contributed by atoms with Crippen molar-refractivity contribution in [3.63, 3.8) is 0 Å². The summed E-state index contributed by atoms with van der Waals surface area (Å²) in [6.07, 6.45) is -18.3. The van der Waals surface area contributed by atoms with Gasteiger partial charge in [-0.05, 0) is 139 Å². The molecule has 14 rings (SSSR count). The van der Waals surface area contributed by atoms with Crippen LogP contribution in [0.25, 0.3) is 11.1 Å². The van der Waals surface area contributed by atoms with Gasteiger partial charge in [0.05, 0.1) is 64.4 Å². The Morgan fingerprint density at radius 1 is 0.690 bits per heavy atom. The number of benzene rings is 6. The summed E-state index contributed by atoms with van der Waals surface area (Å²) in [5, 5.41) is 140. The van der Waals surface area contributed by atoms with Crippen molar-refractivity contribution >= 4 is 105 Å². The number of hydrogen-bond donors (Lipinski definition) is 22. The average Bonchev–Trinajstić information content (AvgIpc) is 0.765. The number of nitrogens with one attached hydrogen (secondary N) is 11. The molecule has 6 aromatic carbocycles. The molecule has 23 N–H and O–H groups in total. The number of aromatic hydroxyl groups is 3. The largest absolute Gasteiger partial charge is 0.508 e. The normalized spacial score (nSPS) is 25.8. The summed E-state index contributed by atoms with van der Waals surface area (Å²) in [7, 11) is 1.46. The first-order chi connectivity index (χ1) is 59.8. The first-order valence-corrected chi connectivity index (χ1v) is 41.0. The van der Waals surface area contributed by atoms with Crippen LogP contribution in [0.4, 0.5) is 5.82 Å². The molecule has 0 spiro atoms. The van der Waals surface area contributed by atoms with Gasteiger partial charge in [-0.1, -0.05) is 84.5 Å². The number of carbonyl (C=O) groups is 9. The third-order valence-corrected chi connectivity index (χ3v) is 22.9. The number of nitrogens with two attached hydrogens (primary N) is 1. The molecule has 126 heavy (non-hydrogen) atoms. The van der Waals surface area contributed by atoms with Crippen molar-refractivity contribution in [2.75, 3.05) is 38.7 Å². The molecule has 44 heteroatoms. The van der Waals surface area contributed by atoms with Gasteiger partial charge in [-0.3, -0.25) is 53.1 Å².